The summed E-state index contributed by atoms with van der Waals surface area (Å²) >= 11 is 0. The van der Waals surface area contributed by atoms with Gasteiger partial charge in [-0.05, 0) is 42.9 Å². The standard InChI is InChI=1S/C9H16O/c1-6-4-7-2-3-8(5-10)9(6)7/h6-10H,2-5H2,1H3. The Bertz CT molecular complexity index is 133. The van der Waals surface area contributed by atoms with Crippen molar-refractivity contribution in [3.63, 3.8) is 0 Å². The molecule has 0 bridgehead atoms. The van der Waals surface area contributed by atoms with Crippen LogP contribution in [-0.4, -0.2) is 11.7 Å². The van der Waals surface area contributed by atoms with E-state index in [-0.39, 0.29) is 0 Å². The lowest BCUT2D eigenvalue weighted by molar-refractivity contribution is 0.0551. The van der Waals surface area contributed by atoms with Gasteiger partial charge in [-0.1, -0.05) is 6.92 Å². The molecule has 2 aliphatic rings. The average molecular weight is 140 g/mol. The van der Waals surface area contributed by atoms with Crippen LogP contribution in [-0.2, 0) is 0 Å². The Morgan fingerprint density at radius 1 is 1.40 bits per heavy atom. The van der Waals surface area contributed by atoms with Gasteiger partial charge in [0.05, 0.1) is 0 Å². The zero-order chi connectivity index (χ0) is 7.14. The third-order valence-corrected chi connectivity index (χ3v) is 3.56. The minimum absolute atomic E-state index is 0.436. The molecule has 58 valence electrons. The van der Waals surface area contributed by atoms with Crippen molar-refractivity contribution in [3.8, 4) is 0 Å². The molecule has 0 aromatic rings. The predicted molar refractivity (Wildman–Crippen MR) is 40.6 cm³/mol. The smallest absolute Gasteiger partial charge is 0.0462 e. The molecule has 0 aromatic carbocycles. The molecular weight excluding hydrogens is 124 g/mol. The monoisotopic (exact) mass is 140 g/mol. The van der Waals surface area contributed by atoms with Gasteiger partial charge >= 0.3 is 0 Å². The van der Waals surface area contributed by atoms with E-state index in [9.17, 15) is 0 Å². The summed E-state index contributed by atoms with van der Waals surface area (Å²) in [5.41, 5.74) is 0. The highest BCUT2D eigenvalue weighted by Gasteiger charge is 2.46. The first kappa shape index (κ1) is 6.66. The molecule has 2 aliphatic carbocycles. The number of fused-ring (bicyclic) bond motifs is 1. The molecule has 1 N–H and O–H groups in total. The summed E-state index contributed by atoms with van der Waals surface area (Å²) < 4.78 is 0. The fourth-order valence-corrected chi connectivity index (χ4v) is 3.05. The Balaban J connectivity index is 2.01. The van der Waals surface area contributed by atoms with E-state index in [1.165, 1.54) is 19.3 Å². The molecule has 2 rings (SSSR count). The molecule has 0 aliphatic heterocycles. The Hall–Kier alpha value is -0.0400. The van der Waals surface area contributed by atoms with Gasteiger partial charge in [-0.25, -0.2) is 0 Å². The highest BCUT2D eigenvalue weighted by molar-refractivity contribution is 4.95. The number of hydrogen-bond acceptors (Lipinski definition) is 1. The first-order valence-corrected chi connectivity index (χ1v) is 4.43. The van der Waals surface area contributed by atoms with Gasteiger partial charge in [-0.2, -0.15) is 0 Å². The van der Waals surface area contributed by atoms with Gasteiger partial charge in [-0.3, -0.25) is 0 Å². The maximum absolute atomic E-state index is 9.01. The predicted octanol–water partition coefficient (Wildman–Crippen LogP) is 1.66. The van der Waals surface area contributed by atoms with Gasteiger partial charge < -0.3 is 5.11 Å². The second kappa shape index (κ2) is 2.23. The maximum atomic E-state index is 9.01. The van der Waals surface area contributed by atoms with E-state index in [0.717, 1.165) is 17.8 Å². The summed E-state index contributed by atoms with van der Waals surface area (Å²) in [4.78, 5) is 0. The van der Waals surface area contributed by atoms with E-state index < -0.39 is 0 Å². The van der Waals surface area contributed by atoms with Gasteiger partial charge in [0.1, 0.15) is 0 Å². The number of hydrogen-bond donors (Lipinski definition) is 1. The maximum Gasteiger partial charge on any atom is 0.0462 e. The van der Waals surface area contributed by atoms with Crippen molar-refractivity contribution in [3.05, 3.63) is 0 Å². The van der Waals surface area contributed by atoms with E-state index >= 15 is 0 Å². The van der Waals surface area contributed by atoms with E-state index in [2.05, 4.69) is 6.92 Å². The molecule has 2 fully saturated rings. The minimum atomic E-state index is 0.436. The Labute approximate surface area is 62.4 Å². The van der Waals surface area contributed by atoms with Crippen molar-refractivity contribution in [2.75, 3.05) is 6.61 Å². The van der Waals surface area contributed by atoms with Gasteiger partial charge in [0.2, 0.25) is 0 Å². The summed E-state index contributed by atoms with van der Waals surface area (Å²) in [6, 6.07) is 0. The molecule has 0 heterocycles. The quantitative estimate of drug-likeness (QED) is 0.587. The van der Waals surface area contributed by atoms with Crippen molar-refractivity contribution >= 4 is 0 Å². The van der Waals surface area contributed by atoms with Crippen LogP contribution in [0.1, 0.15) is 26.2 Å². The zero-order valence-electron chi connectivity index (χ0n) is 6.59. The van der Waals surface area contributed by atoms with Crippen LogP contribution >= 0.6 is 0 Å². The van der Waals surface area contributed by atoms with Crippen LogP contribution in [0.15, 0.2) is 0 Å². The van der Waals surface area contributed by atoms with Crippen molar-refractivity contribution < 1.29 is 5.11 Å². The lowest BCUT2D eigenvalue weighted by Crippen LogP contribution is -2.35. The van der Waals surface area contributed by atoms with Crippen LogP contribution in [0.25, 0.3) is 0 Å². The largest absolute Gasteiger partial charge is 0.396 e. The topological polar surface area (TPSA) is 20.2 Å². The molecule has 0 spiro atoms. The minimum Gasteiger partial charge on any atom is -0.396 e. The summed E-state index contributed by atoms with van der Waals surface area (Å²) in [6.07, 6.45) is 4.11. The van der Waals surface area contributed by atoms with E-state index in [1.54, 1.807) is 0 Å². The van der Waals surface area contributed by atoms with Crippen LogP contribution in [0.4, 0.5) is 0 Å². The van der Waals surface area contributed by atoms with Crippen molar-refractivity contribution in [2.24, 2.45) is 23.7 Å². The molecule has 4 atom stereocenters. The summed E-state index contributed by atoms with van der Waals surface area (Å²) in [7, 11) is 0. The fraction of sp³-hybridized carbons (Fsp3) is 1.00. The molecule has 1 nitrogen and oxygen atoms in total. The summed E-state index contributed by atoms with van der Waals surface area (Å²) in [5, 5.41) is 9.01. The Morgan fingerprint density at radius 3 is 2.70 bits per heavy atom. The molecule has 0 aromatic heterocycles. The Morgan fingerprint density at radius 2 is 2.20 bits per heavy atom. The number of rotatable bonds is 1. The highest BCUT2D eigenvalue weighted by atomic mass is 16.3. The first-order valence-electron chi connectivity index (χ1n) is 4.43. The first-order chi connectivity index (χ1) is 4.83. The normalized spacial score (nSPS) is 52.2. The van der Waals surface area contributed by atoms with E-state index in [1.807, 2.05) is 0 Å². The molecule has 4 unspecified atom stereocenters. The lowest BCUT2D eigenvalue weighted by Gasteiger charge is -2.41. The van der Waals surface area contributed by atoms with Crippen LogP contribution in [0.5, 0.6) is 0 Å². The van der Waals surface area contributed by atoms with E-state index in [0.29, 0.717) is 12.5 Å². The van der Waals surface area contributed by atoms with Crippen molar-refractivity contribution in [2.45, 2.75) is 26.2 Å². The van der Waals surface area contributed by atoms with Crippen LogP contribution < -0.4 is 0 Å². The van der Waals surface area contributed by atoms with Crippen LogP contribution in [0.2, 0.25) is 0 Å². The van der Waals surface area contributed by atoms with Gasteiger partial charge in [0, 0.05) is 6.61 Å². The number of aliphatic hydroxyl groups excluding tert-OH is 1. The van der Waals surface area contributed by atoms with Crippen molar-refractivity contribution in [1.82, 2.24) is 0 Å². The van der Waals surface area contributed by atoms with Gasteiger partial charge in [0.25, 0.3) is 0 Å². The van der Waals surface area contributed by atoms with Crippen LogP contribution in [0, 0.1) is 23.7 Å². The molecule has 0 radical (unpaired) electrons. The zero-order valence-corrected chi connectivity index (χ0v) is 6.59. The Kier molecular flexibility index (Phi) is 1.48. The van der Waals surface area contributed by atoms with Crippen LogP contribution in [0.3, 0.4) is 0 Å². The highest BCUT2D eigenvalue weighted by Crippen LogP contribution is 2.53. The number of aliphatic hydroxyl groups is 1. The fourth-order valence-electron chi connectivity index (χ4n) is 3.05. The van der Waals surface area contributed by atoms with Gasteiger partial charge in [-0.15, -0.1) is 0 Å². The molecule has 0 saturated heterocycles. The third kappa shape index (κ3) is 0.731. The SMILES string of the molecule is CC1CC2CCC(CO)C12. The molecular formula is C9H16O. The van der Waals surface area contributed by atoms with Gasteiger partial charge in [0.15, 0.2) is 0 Å². The van der Waals surface area contributed by atoms with Crippen molar-refractivity contribution in [1.29, 1.82) is 0 Å². The molecule has 10 heavy (non-hydrogen) atoms. The average Bonchev–Trinajstić information content (AvgIpc) is 2.25. The summed E-state index contributed by atoms with van der Waals surface area (Å²) in [5.74, 6) is 3.45. The summed E-state index contributed by atoms with van der Waals surface area (Å²) in [6.45, 7) is 2.76. The lowest BCUT2D eigenvalue weighted by atomic mass is 9.65. The second-order valence-corrected chi connectivity index (χ2v) is 4.07. The molecule has 1 heteroatoms. The second-order valence-electron chi connectivity index (χ2n) is 4.07. The molecule has 0 amide bonds. The molecule has 2 saturated carbocycles. The third-order valence-electron chi connectivity index (χ3n) is 3.56. The van der Waals surface area contributed by atoms with E-state index in [4.69, 9.17) is 5.11 Å².